The lowest BCUT2D eigenvalue weighted by atomic mass is 10.2. The van der Waals surface area contributed by atoms with Crippen LogP contribution in [0, 0.1) is 0 Å². The van der Waals surface area contributed by atoms with E-state index >= 15 is 0 Å². The summed E-state index contributed by atoms with van der Waals surface area (Å²) in [6.45, 7) is 2.93. The summed E-state index contributed by atoms with van der Waals surface area (Å²) in [6.07, 6.45) is 6.63. The molecule has 0 saturated carbocycles. The second kappa shape index (κ2) is 6.07. The van der Waals surface area contributed by atoms with Crippen LogP contribution in [0.2, 0.25) is 0 Å². The maximum Gasteiger partial charge on any atom is 0.112 e. The van der Waals surface area contributed by atoms with Crippen molar-refractivity contribution < 1.29 is 0 Å². The van der Waals surface area contributed by atoms with Gasteiger partial charge in [-0.2, -0.15) is 0 Å². The molecule has 0 saturated heterocycles. The molecular formula is C15H15BrN4S. The number of thiazole rings is 1. The first-order chi connectivity index (χ1) is 10.2. The van der Waals surface area contributed by atoms with Gasteiger partial charge >= 0.3 is 0 Å². The molecule has 108 valence electrons. The summed E-state index contributed by atoms with van der Waals surface area (Å²) in [5.41, 5.74) is 2.87. The quantitative estimate of drug-likeness (QED) is 0.701. The van der Waals surface area contributed by atoms with Gasteiger partial charge in [-0.05, 0) is 34.5 Å². The van der Waals surface area contributed by atoms with Crippen molar-refractivity contribution in [2.75, 3.05) is 11.9 Å². The highest BCUT2D eigenvalue weighted by Gasteiger charge is 2.11. The van der Waals surface area contributed by atoms with E-state index in [1.165, 1.54) is 4.88 Å². The second-order valence-corrected chi connectivity index (χ2v) is 6.90. The lowest BCUT2D eigenvalue weighted by Gasteiger charge is -2.19. The van der Waals surface area contributed by atoms with E-state index in [0.29, 0.717) is 0 Å². The Morgan fingerprint density at radius 3 is 2.86 bits per heavy atom. The predicted molar refractivity (Wildman–Crippen MR) is 90.8 cm³/mol. The topological polar surface area (TPSA) is 41.9 Å². The molecule has 0 aromatic carbocycles. The first-order valence-corrected chi connectivity index (χ1v) is 8.33. The lowest BCUT2D eigenvalue weighted by Crippen LogP contribution is -2.16. The Morgan fingerprint density at radius 2 is 2.10 bits per heavy atom. The van der Waals surface area contributed by atoms with Crippen molar-refractivity contribution >= 4 is 44.0 Å². The first-order valence-electron chi connectivity index (χ1n) is 6.72. The van der Waals surface area contributed by atoms with E-state index in [1.807, 2.05) is 24.5 Å². The van der Waals surface area contributed by atoms with Gasteiger partial charge in [-0.15, -0.1) is 11.3 Å². The van der Waals surface area contributed by atoms with Crippen molar-refractivity contribution in [3.05, 3.63) is 45.1 Å². The molecule has 0 radical (unpaired) electrons. The molecule has 21 heavy (non-hydrogen) atoms. The molecular weight excluding hydrogens is 348 g/mol. The second-order valence-electron chi connectivity index (χ2n) is 4.78. The number of anilines is 1. The SMILES string of the molecule is CCc1cnc(CN(C)c2ccnc3cc(Br)cnc23)s1. The standard InChI is InChI=1S/C15H15BrN4S/c1-3-11-8-18-14(21-11)9-20(2)13-4-5-17-12-6-10(16)7-19-15(12)13/h4-8H,3,9H2,1-2H3. The van der Waals surface area contributed by atoms with Crippen LogP contribution in [0.25, 0.3) is 11.0 Å². The van der Waals surface area contributed by atoms with Crippen LogP contribution in [-0.4, -0.2) is 22.0 Å². The first kappa shape index (κ1) is 14.4. The number of rotatable bonds is 4. The van der Waals surface area contributed by atoms with Gasteiger partial charge in [0, 0.05) is 35.0 Å². The number of aromatic nitrogens is 3. The summed E-state index contributed by atoms with van der Waals surface area (Å²) < 4.78 is 0.940. The Kier molecular flexibility index (Phi) is 4.17. The number of halogens is 1. The zero-order chi connectivity index (χ0) is 14.8. The Hall–Kier alpha value is -1.53. The fourth-order valence-electron chi connectivity index (χ4n) is 2.17. The van der Waals surface area contributed by atoms with Crippen molar-refractivity contribution in [1.29, 1.82) is 0 Å². The number of fused-ring (bicyclic) bond motifs is 1. The maximum atomic E-state index is 4.50. The molecule has 0 bridgehead atoms. The highest BCUT2D eigenvalue weighted by molar-refractivity contribution is 9.10. The highest BCUT2D eigenvalue weighted by Crippen LogP contribution is 2.26. The zero-order valence-corrected chi connectivity index (χ0v) is 14.3. The van der Waals surface area contributed by atoms with E-state index in [-0.39, 0.29) is 0 Å². The zero-order valence-electron chi connectivity index (χ0n) is 11.9. The smallest absolute Gasteiger partial charge is 0.112 e. The summed E-state index contributed by atoms with van der Waals surface area (Å²) in [4.78, 5) is 16.8. The molecule has 0 amide bonds. The maximum absolute atomic E-state index is 4.50. The van der Waals surface area contributed by atoms with Crippen molar-refractivity contribution in [2.24, 2.45) is 0 Å². The molecule has 3 aromatic heterocycles. The Bertz CT molecular complexity index is 771. The number of hydrogen-bond acceptors (Lipinski definition) is 5. The summed E-state index contributed by atoms with van der Waals surface area (Å²) in [5, 5.41) is 1.12. The summed E-state index contributed by atoms with van der Waals surface area (Å²) in [6, 6.07) is 3.98. The Balaban J connectivity index is 1.92. The number of aryl methyl sites for hydroxylation is 1. The van der Waals surface area contributed by atoms with Gasteiger partial charge in [0.1, 0.15) is 10.5 Å². The fraction of sp³-hybridized carbons (Fsp3) is 0.267. The van der Waals surface area contributed by atoms with E-state index < -0.39 is 0 Å². The Morgan fingerprint density at radius 1 is 1.24 bits per heavy atom. The van der Waals surface area contributed by atoms with Gasteiger partial charge in [0.05, 0.1) is 17.7 Å². The molecule has 3 heterocycles. The van der Waals surface area contributed by atoms with E-state index in [1.54, 1.807) is 17.5 Å². The number of pyridine rings is 2. The minimum Gasteiger partial charge on any atom is -0.366 e. The van der Waals surface area contributed by atoms with Crippen LogP contribution in [0.15, 0.2) is 35.2 Å². The van der Waals surface area contributed by atoms with E-state index in [4.69, 9.17) is 0 Å². The third-order valence-corrected chi connectivity index (χ3v) is 4.82. The summed E-state index contributed by atoms with van der Waals surface area (Å²) in [5.74, 6) is 0. The molecule has 0 fully saturated rings. The molecule has 0 atom stereocenters. The van der Waals surface area contributed by atoms with Gasteiger partial charge in [0.25, 0.3) is 0 Å². The van der Waals surface area contributed by atoms with E-state index in [2.05, 4.69) is 49.8 Å². The Labute approximate surface area is 136 Å². The minimum absolute atomic E-state index is 0.779. The van der Waals surface area contributed by atoms with Gasteiger partial charge in [0.2, 0.25) is 0 Å². The molecule has 6 heteroatoms. The molecule has 0 aliphatic carbocycles. The van der Waals surface area contributed by atoms with Gasteiger partial charge in [-0.3, -0.25) is 9.97 Å². The third kappa shape index (κ3) is 3.06. The van der Waals surface area contributed by atoms with E-state index in [9.17, 15) is 0 Å². The van der Waals surface area contributed by atoms with Crippen molar-refractivity contribution in [3.63, 3.8) is 0 Å². The molecule has 0 N–H and O–H groups in total. The summed E-state index contributed by atoms with van der Waals surface area (Å²) >= 11 is 5.20. The van der Waals surface area contributed by atoms with Crippen LogP contribution >= 0.6 is 27.3 Å². The molecule has 0 aliphatic rings. The molecule has 3 aromatic rings. The van der Waals surface area contributed by atoms with Crippen molar-refractivity contribution in [3.8, 4) is 0 Å². The largest absolute Gasteiger partial charge is 0.366 e. The van der Waals surface area contributed by atoms with Gasteiger partial charge < -0.3 is 4.90 Å². The number of hydrogen-bond donors (Lipinski definition) is 0. The normalized spacial score (nSPS) is 11.0. The van der Waals surface area contributed by atoms with Crippen LogP contribution in [0.1, 0.15) is 16.8 Å². The minimum atomic E-state index is 0.779. The number of nitrogens with zero attached hydrogens (tertiary/aromatic N) is 4. The van der Waals surface area contributed by atoms with Gasteiger partial charge in [-0.25, -0.2) is 4.98 Å². The monoisotopic (exact) mass is 362 g/mol. The van der Waals surface area contributed by atoms with Crippen molar-refractivity contribution in [2.45, 2.75) is 19.9 Å². The van der Waals surface area contributed by atoms with Crippen molar-refractivity contribution in [1.82, 2.24) is 15.0 Å². The van der Waals surface area contributed by atoms with Crippen LogP contribution in [-0.2, 0) is 13.0 Å². The van der Waals surface area contributed by atoms with Crippen LogP contribution in [0.3, 0.4) is 0 Å². The van der Waals surface area contributed by atoms with Crippen LogP contribution in [0.4, 0.5) is 5.69 Å². The molecule has 0 spiro atoms. The highest BCUT2D eigenvalue weighted by atomic mass is 79.9. The van der Waals surface area contributed by atoms with E-state index in [0.717, 1.165) is 39.2 Å². The third-order valence-electron chi connectivity index (χ3n) is 3.26. The van der Waals surface area contributed by atoms with Crippen LogP contribution in [0.5, 0.6) is 0 Å². The molecule has 0 unspecified atom stereocenters. The fourth-order valence-corrected chi connectivity index (χ4v) is 3.41. The van der Waals surface area contributed by atoms with Gasteiger partial charge in [0.15, 0.2) is 0 Å². The lowest BCUT2D eigenvalue weighted by molar-refractivity contribution is 0.911. The molecule has 3 rings (SSSR count). The molecule has 0 aliphatic heterocycles. The van der Waals surface area contributed by atoms with Crippen LogP contribution < -0.4 is 4.90 Å². The summed E-state index contributed by atoms with van der Waals surface area (Å²) in [7, 11) is 2.06. The molecule has 4 nitrogen and oxygen atoms in total. The average Bonchev–Trinajstić information content (AvgIpc) is 2.93. The predicted octanol–water partition coefficient (Wildman–Crippen LogP) is 4.05. The average molecular weight is 363 g/mol. The van der Waals surface area contributed by atoms with Gasteiger partial charge in [-0.1, -0.05) is 6.92 Å².